The van der Waals surface area contributed by atoms with Crippen molar-refractivity contribution in [3.05, 3.63) is 28.8 Å². The average Bonchev–Trinajstić information content (AvgIpc) is 2.34. The number of nitrogens with two attached hydrogens (primary N) is 1. The van der Waals surface area contributed by atoms with Crippen molar-refractivity contribution in [1.29, 1.82) is 0 Å². The Morgan fingerprint density at radius 3 is 2.82 bits per heavy atom. The molecule has 0 amide bonds. The van der Waals surface area contributed by atoms with Gasteiger partial charge in [0.2, 0.25) is 0 Å². The molecule has 1 rings (SSSR count). The van der Waals surface area contributed by atoms with Crippen molar-refractivity contribution in [2.45, 2.75) is 19.8 Å². The van der Waals surface area contributed by atoms with Crippen LogP contribution in [0.1, 0.15) is 25.3 Å². The molecule has 0 aliphatic carbocycles. The van der Waals surface area contributed by atoms with Gasteiger partial charge in [-0.3, -0.25) is 0 Å². The molecule has 0 fully saturated rings. The van der Waals surface area contributed by atoms with Gasteiger partial charge in [0.1, 0.15) is 0 Å². The minimum absolute atomic E-state index is 0.0749. The Bertz CT molecular complexity index is 407. The average molecular weight is 256 g/mol. The summed E-state index contributed by atoms with van der Waals surface area (Å²) in [6.45, 7) is 3.06. The van der Waals surface area contributed by atoms with Gasteiger partial charge < -0.3 is 15.8 Å². The predicted molar refractivity (Wildman–Crippen MR) is 72.1 cm³/mol. The van der Waals surface area contributed by atoms with Crippen LogP contribution in [0.15, 0.2) is 23.4 Å². The number of halogens is 1. The highest BCUT2D eigenvalue weighted by Crippen LogP contribution is 2.23. The van der Waals surface area contributed by atoms with E-state index in [4.69, 9.17) is 22.5 Å². The summed E-state index contributed by atoms with van der Waals surface area (Å²) in [5.41, 5.74) is 7.21. The van der Waals surface area contributed by atoms with Crippen molar-refractivity contribution < 1.29 is 5.21 Å². The summed E-state index contributed by atoms with van der Waals surface area (Å²) in [5, 5.41) is 12.4. The van der Waals surface area contributed by atoms with E-state index in [1.165, 1.54) is 0 Å². The summed E-state index contributed by atoms with van der Waals surface area (Å²) in [6, 6.07) is 5.38. The molecule has 5 heteroatoms. The summed E-state index contributed by atoms with van der Waals surface area (Å²) in [4.78, 5) is 2.08. The fraction of sp³-hybridized carbons (Fsp3) is 0.417. The molecule has 0 heterocycles. The van der Waals surface area contributed by atoms with Crippen LogP contribution >= 0.6 is 11.6 Å². The Balaban J connectivity index is 3.05. The van der Waals surface area contributed by atoms with Crippen LogP contribution in [-0.2, 0) is 0 Å². The Labute approximate surface area is 107 Å². The Morgan fingerprint density at radius 2 is 2.24 bits per heavy atom. The first-order valence-electron chi connectivity index (χ1n) is 5.58. The molecule has 1 aromatic carbocycles. The van der Waals surface area contributed by atoms with Gasteiger partial charge in [-0.15, -0.1) is 0 Å². The summed E-state index contributed by atoms with van der Waals surface area (Å²) in [7, 11) is 1.98. The Hall–Kier alpha value is -1.42. The van der Waals surface area contributed by atoms with Crippen molar-refractivity contribution in [2.24, 2.45) is 10.9 Å². The number of rotatable bonds is 5. The third-order valence-electron chi connectivity index (χ3n) is 2.60. The summed E-state index contributed by atoms with van der Waals surface area (Å²) < 4.78 is 0. The molecule has 0 aliphatic rings. The molecule has 0 radical (unpaired) electrons. The van der Waals surface area contributed by atoms with E-state index in [2.05, 4.69) is 17.0 Å². The fourth-order valence-electron chi connectivity index (χ4n) is 1.62. The van der Waals surface area contributed by atoms with Crippen LogP contribution in [-0.4, -0.2) is 24.6 Å². The van der Waals surface area contributed by atoms with Gasteiger partial charge >= 0.3 is 0 Å². The Kier molecular flexibility index (Phi) is 5.10. The lowest BCUT2D eigenvalue weighted by Gasteiger charge is -2.22. The number of anilines is 1. The van der Waals surface area contributed by atoms with E-state index < -0.39 is 0 Å². The topological polar surface area (TPSA) is 61.8 Å². The van der Waals surface area contributed by atoms with Crippen LogP contribution in [0.5, 0.6) is 0 Å². The van der Waals surface area contributed by atoms with E-state index in [-0.39, 0.29) is 5.84 Å². The third kappa shape index (κ3) is 3.53. The molecule has 1 aromatic rings. The van der Waals surface area contributed by atoms with Gasteiger partial charge in [0.05, 0.1) is 0 Å². The van der Waals surface area contributed by atoms with Crippen molar-refractivity contribution in [3.63, 3.8) is 0 Å². The van der Waals surface area contributed by atoms with E-state index in [1.807, 2.05) is 13.1 Å². The van der Waals surface area contributed by atoms with E-state index in [9.17, 15) is 0 Å². The van der Waals surface area contributed by atoms with Gasteiger partial charge in [0, 0.05) is 29.9 Å². The first kappa shape index (κ1) is 13.6. The van der Waals surface area contributed by atoms with Crippen LogP contribution in [0.25, 0.3) is 0 Å². The SMILES string of the molecule is CCCCN(C)c1ccc(Cl)cc1C(N)=NO. The molecule has 94 valence electrons. The molecule has 4 nitrogen and oxygen atoms in total. The summed E-state index contributed by atoms with van der Waals surface area (Å²) in [6.07, 6.45) is 2.21. The monoisotopic (exact) mass is 255 g/mol. The number of nitrogens with zero attached hydrogens (tertiary/aromatic N) is 2. The zero-order valence-electron chi connectivity index (χ0n) is 10.2. The molecular weight excluding hydrogens is 238 g/mol. The first-order valence-corrected chi connectivity index (χ1v) is 5.96. The van der Waals surface area contributed by atoms with Crippen molar-refractivity contribution in [2.75, 3.05) is 18.5 Å². The fourth-order valence-corrected chi connectivity index (χ4v) is 1.79. The molecule has 0 bridgehead atoms. The molecule has 0 saturated carbocycles. The molecule has 0 unspecified atom stereocenters. The predicted octanol–water partition coefficient (Wildman–Crippen LogP) is 2.67. The maximum atomic E-state index is 8.76. The normalized spacial score (nSPS) is 11.6. The zero-order chi connectivity index (χ0) is 12.8. The lowest BCUT2D eigenvalue weighted by atomic mass is 10.1. The van der Waals surface area contributed by atoms with Crippen LogP contribution < -0.4 is 10.6 Å². The second-order valence-corrected chi connectivity index (χ2v) is 4.36. The Morgan fingerprint density at radius 1 is 1.53 bits per heavy atom. The second kappa shape index (κ2) is 6.35. The van der Waals surface area contributed by atoms with Gasteiger partial charge in [0.25, 0.3) is 0 Å². The van der Waals surface area contributed by atoms with Crippen LogP contribution in [0.4, 0.5) is 5.69 Å². The molecule has 0 atom stereocenters. The van der Waals surface area contributed by atoms with E-state index >= 15 is 0 Å². The largest absolute Gasteiger partial charge is 0.409 e. The molecule has 3 N–H and O–H groups in total. The van der Waals surface area contributed by atoms with Gasteiger partial charge in [-0.1, -0.05) is 30.1 Å². The smallest absolute Gasteiger partial charge is 0.172 e. The molecular formula is C12H18ClN3O. The number of hydrogen-bond acceptors (Lipinski definition) is 3. The molecule has 17 heavy (non-hydrogen) atoms. The maximum absolute atomic E-state index is 8.76. The minimum atomic E-state index is 0.0749. The van der Waals surface area contributed by atoms with Crippen LogP contribution in [0.3, 0.4) is 0 Å². The minimum Gasteiger partial charge on any atom is -0.409 e. The van der Waals surface area contributed by atoms with Crippen LogP contribution in [0.2, 0.25) is 5.02 Å². The molecule has 0 spiro atoms. The van der Waals surface area contributed by atoms with Crippen molar-refractivity contribution in [3.8, 4) is 0 Å². The van der Waals surface area contributed by atoms with E-state index in [0.717, 1.165) is 25.1 Å². The van der Waals surface area contributed by atoms with Crippen molar-refractivity contribution in [1.82, 2.24) is 0 Å². The van der Waals surface area contributed by atoms with E-state index in [0.29, 0.717) is 10.6 Å². The first-order chi connectivity index (χ1) is 8.10. The third-order valence-corrected chi connectivity index (χ3v) is 2.84. The van der Waals surface area contributed by atoms with Gasteiger partial charge in [0.15, 0.2) is 5.84 Å². The lowest BCUT2D eigenvalue weighted by molar-refractivity contribution is 0.318. The second-order valence-electron chi connectivity index (χ2n) is 3.92. The summed E-state index contributed by atoms with van der Waals surface area (Å²) in [5.74, 6) is 0.0749. The maximum Gasteiger partial charge on any atom is 0.172 e. The van der Waals surface area contributed by atoms with Crippen LogP contribution in [0, 0.1) is 0 Å². The molecule has 0 aliphatic heterocycles. The molecule has 0 saturated heterocycles. The highest BCUT2D eigenvalue weighted by molar-refractivity contribution is 6.31. The van der Waals surface area contributed by atoms with Gasteiger partial charge in [-0.05, 0) is 24.6 Å². The van der Waals surface area contributed by atoms with Gasteiger partial charge in [-0.2, -0.15) is 0 Å². The zero-order valence-corrected chi connectivity index (χ0v) is 10.9. The molecule has 0 aromatic heterocycles. The highest BCUT2D eigenvalue weighted by atomic mass is 35.5. The lowest BCUT2D eigenvalue weighted by Crippen LogP contribution is -2.23. The number of benzene rings is 1. The number of oxime groups is 1. The number of amidine groups is 1. The quantitative estimate of drug-likeness (QED) is 0.368. The highest BCUT2D eigenvalue weighted by Gasteiger charge is 2.11. The summed E-state index contributed by atoms with van der Waals surface area (Å²) >= 11 is 5.92. The standard InChI is InChI=1S/C12H18ClN3O/c1-3-4-7-16(2)11-6-5-9(13)8-10(11)12(14)15-17/h5-6,8,17H,3-4,7H2,1-2H3,(H2,14,15). The van der Waals surface area contributed by atoms with E-state index in [1.54, 1.807) is 12.1 Å². The van der Waals surface area contributed by atoms with Crippen molar-refractivity contribution >= 4 is 23.1 Å². The number of hydrogen-bond donors (Lipinski definition) is 2. The van der Waals surface area contributed by atoms with Gasteiger partial charge in [-0.25, -0.2) is 0 Å². The number of unbranched alkanes of at least 4 members (excludes halogenated alkanes) is 1.